The number of anilines is 1. The summed E-state index contributed by atoms with van der Waals surface area (Å²) in [6, 6.07) is 11.4. The monoisotopic (exact) mass is 571 g/mol. The van der Waals surface area contributed by atoms with Gasteiger partial charge in [-0.1, -0.05) is 59.6 Å². The molecule has 0 aromatic heterocycles. The van der Waals surface area contributed by atoms with E-state index in [4.69, 9.17) is 11.6 Å². The van der Waals surface area contributed by atoms with E-state index in [1.807, 2.05) is 38.1 Å². The first-order valence-corrected chi connectivity index (χ1v) is 13.9. The number of benzene rings is 2. The zero-order valence-corrected chi connectivity index (χ0v) is 23.2. The molecule has 2 rings (SSSR count). The summed E-state index contributed by atoms with van der Waals surface area (Å²) in [6.07, 6.45) is 1.03. The highest BCUT2D eigenvalue weighted by molar-refractivity contribution is 9.10. The van der Waals surface area contributed by atoms with Gasteiger partial charge in [0, 0.05) is 22.6 Å². The van der Waals surface area contributed by atoms with Crippen molar-refractivity contribution >= 4 is 55.1 Å². The minimum atomic E-state index is -3.80. The standard InChI is InChI=1S/C24H31BrClN3O4S/c1-16(2)13-27-24(31)18(4)28(14-19-7-6-8-20(25)11-19)23(30)15-29(34(5,32)33)21-10-9-17(3)22(26)12-21/h6-12,16,18H,13-15H2,1-5H3,(H,27,31)/t18-/m0/s1. The number of hydrogen-bond acceptors (Lipinski definition) is 4. The summed E-state index contributed by atoms with van der Waals surface area (Å²) >= 11 is 9.63. The van der Waals surface area contributed by atoms with E-state index in [1.54, 1.807) is 26.0 Å². The Bertz CT molecular complexity index is 1140. The summed E-state index contributed by atoms with van der Waals surface area (Å²) < 4.78 is 27.0. The number of carbonyl (C=O) groups is 2. The smallest absolute Gasteiger partial charge is 0.244 e. The van der Waals surface area contributed by atoms with E-state index in [0.717, 1.165) is 26.2 Å². The number of amides is 2. The second kappa shape index (κ2) is 12.0. The molecule has 34 heavy (non-hydrogen) atoms. The highest BCUT2D eigenvalue weighted by Gasteiger charge is 2.30. The molecule has 2 amide bonds. The lowest BCUT2D eigenvalue weighted by Gasteiger charge is -2.31. The average molecular weight is 573 g/mol. The fraction of sp³-hybridized carbons (Fsp3) is 0.417. The third-order valence-electron chi connectivity index (χ3n) is 5.22. The molecule has 1 N–H and O–H groups in total. The van der Waals surface area contributed by atoms with Crippen LogP contribution in [0.15, 0.2) is 46.9 Å². The summed E-state index contributed by atoms with van der Waals surface area (Å²) in [5.74, 6) is -0.562. The van der Waals surface area contributed by atoms with Crippen molar-refractivity contribution in [2.75, 3.05) is 23.7 Å². The van der Waals surface area contributed by atoms with Crippen LogP contribution in [0, 0.1) is 12.8 Å². The molecule has 0 aliphatic heterocycles. The molecule has 2 aromatic rings. The molecule has 1 atom stereocenters. The largest absolute Gasteiger partial charge is 0.354 e. The van der Waals surface area contributed by atoms with E-state index < -0.39 is 28.5 Å². The molecule has 0 saturated heterocycles. The van der Waals surface area contributed by atoms with Gasteiger partial charge in [-0.05, 0) is 55.2 Å². The van der Waals surface area contributed by atoms with Gasteiger partial charge in [0.25, 0.3) is 0 Å². The second-order valence-corrected chi connectivity index (χ2v) is 11.9. The Hall–Kier alpha value is -2.10. The van der Waals surface area contributed by atoms with E-state index in [1.165, 1.54) is 11.0 Å². The molecule has 10 heteroatoms. The summed E-state index contributed by atoms with van der Waals surface area (Å²) in [7, 11) is -3.80. The minimum Gasteiger partial charge on any atom is -0.354 e. The summed E-state index contributed by atoms with van der Waals surface area (Å²) in [6.45, 7) is 7.55. The van der Waals surface area contributed by atoms with Gasteiger partial charge in [-0.2, -0.15) is 0 Å². The number of sulfonamides is 1. The zero-order chi connectivity index (χ0) is 25.6. The number of aryl methyl sites for hydroxylation is 1. The maximum atomic E-state index is 13.5. The Morgan fingerprint density at radius 1 is 1.12 bits per heavy atom. The Morgan fingerprint density at radius 2 is 1.79 bits per heavy atom. The predicted molar refractivity (Wildman–Crippen MR) is 140 cm³/mol. The van der Waals surface area contributed by atoms with Crippen LogP contribution in [0.5, 0.6) is 0 Å². The third-order valence-corrected chi connectivity index (χ3v) is 7.26. The van der Waals surface area contributed by atoms with Gasteiger partial charge < -0.3 is 10.2 Å². The van der Waals surface area contributed by atoms with Crippen molar-refractivity contribution < 1.29 is 18.0 Å². The quantitative estimate of drug-likeness (QED) is 0.458. The van der Waals surface area contributed by atoms with Gasteiger partial charge in [0.2, 0.25) is 21.8 Å². The van der Waals surface area contributed by atoms with Gasteiger partial charge in [-0.25, -0.2) is 8.42 Å². The third kappa shape index (κ3) is 7.99. The zero-order valence-electron chi connectivity index (χ0n) is 20.0. The van der Waals surface area contributed by atoms with Gasteiger partial charge in [0.1, 0.15) is 12.6 Å². The Morgan fingerprint density at radius 3 is 2.35 bits per heavy atom. The highest BCUT2D eigenvalue weighted by Crippen LogP contribution is 2.25. The van der Waals surface area contributed by atoms with Gasteiger partial charge in [0.05, 0.1) is 11.9 Å². The van der Waals surface area contributed by atoms with Crippen LogP contribution in [-0.2, 0) is 26.2 Å². The molecular weight excluding hydrogens is 542 g/mol. The highest BCUT2D eigenvalue weighted by atomic mass is 79.9. The molecule has 0 fully saturated rings. The first-order valence-electron chi connectivity index (χ1n) is 10.8. The van der Waals surface area contributed by atoms with Crippen molar-refractivity contribution in [2.45, 2.75) is 40.3 Å². The predicted octanol–water partition coefficient (Wildman–Crippen LogP) is 4.37. The van der Waals surface area contributed by atoms with Crippen molar-refractivity contribution in [3.8, 4) is 0 Å². The molecule has 0 saturated carbocycles. The van der Waals surface area contributed by atoms with E-state index in [2.05, 4.69) is 21.2 Å². The van der Waals surface area contributed by atoms with E-state index in [9.17, 15) is 18.0 Å². The Labute approximate surface area is 215 Å². The van der Waals surface area contributed by atoms with Crippen LogP contribution < -0.4 is 9.62 Å². The van der Waals surface area contributed by atoms with Crippen LogP contribution in [0.25, 0.3) is 0 Å². The lowest BCUT2D eigenvalue weighted by Crippen LogP contribution is -2.51. The molecule has 7 nitrogen and oxygen atoms in total. The molecule has 0 radical (unpaired) electrons. The number of hydrogen-bond donors (Lipinski definition) is 1. The van der Waals surface area contributed by atoms with Gasteiger partial charge >= 0.3 is 0 Å². The summed E-state index contributed by atoms with van der Waals surface area (Å²) in [5.41, 5.74) is 1.87. The molecule has 186 valence electrons. The Kier molecular flexibility index (Phi) is 9.96. The molecule has 0 unspecified atom stereocenters. The van der Waals surface area contributed by atoms with E-state index in [-0.39, 0.29) is 24.1 Å². The maximum absolute atomic E-state index is 13.5. The van der Waals surface area contributed by atoms with Crippen molar-refractivity contribution in [1.82, 2.24) is 10.2 Å². The number of nitrogens with zero attached hydrogens (tertiary/aromatic N) is 2. The maximum Gasteiger partial charge on any atom is 0.244 e. The number of nitrogens with one attached hydrogen (secondary N) is 1. The fourth-order valence-electron chi connectivity index (χ4n) is 3.22. The van der Waals surface area contributed by atoms with Gasteiger partial charge in [0.15, 0.2) is 0 Å². The van der Waals surface area contributed by atoms with Crippen molar-refractivity contribution in [3.05, 3.63) is 63.1 Å². The van der Waals surface area contributed by atoms with Crippen molar-refractivity contribution in [1.29, 1.82) is 0 Å². The first kappa shape index (κ1) is 28.1. The normalized spacial score (nSPS) is 12.4. The summed E-state index contributed by atoms with van der Waals surface area (Å²) in [5, 5.41) is 3.25. The van der Waals surface area contributed by atoms with Gasteiger partial charge in [-0.15, -0.1) is 0 Å². The van der Waals surface area contributed by atoms with Crippen LogP contribution >= 0.6 is 27.5 Å². The van der Waals surface area contributed by atoms with Gasteiger partial charge in [-0.3, -0.25) is 13.9 Å². The Balaban J connectivity index is 2.39. The second-order valence-electron chi connectivity index (χ2n) is 8.67. The lowest BCUT2D eigenvalue weighted by atomic mass is 10.1. The minimum absolute atomic E-state index is 0.140. The van der Waals surface area contributed by atoms with Crippen LogP contribution in [0.2, 0.25) is 5.02 Å². The number of carbonyl (C=O) groups excluding carboxylic acids is 2. The SMILES string of the molecule is Cc1ccc(N(CC(=O)N(Cc2cccc(Br)c2)[C@@H](C)C(=O)NCC(C)C)S(C)(=O)=O)cc1Cl. The van der Waals surface area contributed by atoms with Crippen LogP contribution in [-0.4, -0.2) is 50.5 Å². The molecule has 0 aliphatic carbocycles. The molecule has 0 heterocycles. The molecule has 2 aromatic carbocycles. The van der Waals surface area contributed by atoms with Crippen molar-refractivity contribution in [2.24, 2.45) is 5.92 Å². The lowest BCUT2D eigenvalue weighted by molar-refractivity contribution is -0.139. The van der Waals surface area contributed by atoms with Crippen LogP contribution in [0.1, 0.15) is 31.9 Å². The molecule has 0 aliphatic rings. The number of halogens is 2. The average Bonchev–Trinajstić information content (AvgIpc) is 2.74. The first-order chi connectivity index (χ1) is 15.8. The van der Waals surface area contributed by atoms with Crippen molar-refractivity contribution in [3.63, 3.8) is 0 Å². The van der Waals surface area contributed by atoms with Crippen LogP contribution in [0.3, 0.4) is 0 Å². The van der Waals surface area contributed by atoms with E-state index in [0.29, 0.717) is 11.6 Å². The topological polar surface area (TPSA) is 86.8 Å². The molecule has 0 spiro atoms. The number of rotatable bonds is 10. The fourth-order valence-corrected chi connectivity index (χ4v) is 4.68. The van der Waals surface area contributed by atoms with E-state index >= 15 is 0 Å². The molecular formula is C24H31BrClN3O4S. The molecule has 0 bridgehead atoms. The summed E-state index contributed by atoms with van der Waals surface area (Å²) in [4.78, 5) is 27.7. The van der Waals surface area contributed by atoms with Crippen LogP contribution in [0.4, 0.5) is 5.69 Å².